The molecule has 23 heavy (non-hydrogen) atoms. The summed E-state index contributed by atoms with van der Waals surface area (Å²) in [4.78, 5) is 18.7. The molecule has 0 aliphatic rings. The van der Waals surface area contributed by atoms with E-state index in [9.17, 15) is 4.79 Å². The lowest BCUT2D eigenvalue weighted by Gasteiger charge is -2.05. The van der Waals surface area contributed by atoms with Crippen molar-refractivity contribution in [1.29, 1.82) is 0 Å². The summed E-state index contributed by atoms with van der Waals surface area (Å²) in [6.07, 6.45) is 0.545. The fraction of sp³-hybridized carbons (Fsp3) is 0.143. The van der Waals surface area contributed by atoms with Crippen molar-refractivity contribution in [3.05, 3.63) is 56.2 Å². The van der Waals surface area contributed by atoms with Crippen LogP contribution in [-0.4, -0.2) is 24.7 Å². The zero-order valence-electron chi connectivity index (χ0n) is 12.2. The summed E-state index contributed by atoms with van der Waals surface area (Å²) in [6.45, 7) is 2.02. The number of fused-ring (bicyclic) bond motifs is 1. The highest BCUT2D eigenvalue weighted by Crippen LogP contribution is 2.21. The van der Waals surface area contributed by atoms with Crippen molar-refractivity contribution in [3.63, 3.8) is 0 Å². The summed E-state index contributed by atoms with van der Waals surface area (Å²) in [7, 11) is 0. The fourth-order valence-electron chi connectivity index (χ4n) is 2.32. The summed E-state index contributed by atoms with van der Waals surface area (Å²) in [5, 5.41) is 5.85. The van der Waals surface area contributed by atoms with Gasteiger partial charge in [0.2, 0.25) is 4.77 Å². The predicted molar refractivity (Wildman–Crippen MR) is 95.4 cm³/mol. The summed E-state index contributed by atoms with van der Waals surface area (Å²) < 4.78 is 1.40. The van der Waals surface area contributed by atoms with Crippen LogP contribution in [0.1, 0.15) is 16.7 Å². The average Bonchev–Trinajstić information content (AvgIpc) is 2.79. The van der Waals surface area contributed by atoms with E-state index in [0.717, 1.165) is 11.1 Å². The predicted octanol–water partition coefficient (Wildman–Crippen LogP) is 1.63. The van der Waals surface area contributed by atoms with E-state index in [1.54, 1.807) is 0 Å². The number of thiocarbonyl (C=S) groups is 1. The molecule has 3 rings (SSSR count). The van der Waals surface area contributed by atoms with Crippen LogP contribution in [0.15, 0.2) is 29.1 Å². The van der Waals surface area contributed by atoms with Gasteiger partial charge in [0.05, 0.1) is 0 Å². The van der Waals surface area contributed by atoms with Gasteiger partial charge in [-0.05, 0) is 36.9 Å². The van der Waals surface area contributed by atoms with Gasteiger partial charge in [-0.3, -0.25) is 10.1 Å². The van der Waals surface area contributed by atoms with Crippen LogP contribution < -0.4 is 16.7 Å². The number of rotatable bonds is 3. The van der Waals surface area contributed by atoms with Gasteiger partial charge in [0.25, 0.3) is 0 Å². The molecule has 0 aliphatic carbocycles. The maximum Gasteiger partial charge on any atom is 0.348 e. The molecule has 3 aromatic rings. The van der Waals surface area contributed by atoms with Crippen LogP contribution in [0.4, 0.5) is 5.82 Å². The van der Waals surface area contributed by atoms with Crippen LogP contribution in [0, 0.1) is 11.7 Å². The lowest BCUT2D eigenvalue weighted by molar-refractivity contribution is 0.836. The molecule has 9 heteroatoms. The van der Waals surface area contributed by atoms with E-state index in [0.29, 0.717) is 17.9 Å². The standard InChI is InChI=1S/C14H14N6OS2/c1-7-2-4-8(5-3-7)6-9-10(16-12(15)22)19-20-11(9)17-13(23)18-14(20)21/h2-5,19H,6H2,1H3,(H3,15,16,22)(H,18,21,23). The van der Waals surface area contributed by atoms with Crippen molar-refractivity contribution in [3.8, 4) is 0 Å². The molecule has 0 saturated heterocycles. The highest BCUT2D eigenvalue weighted by atomic mass is 32.1. The van der Waals surface area contributed by atoms with Gasteiger partial charge in [0.15, 0.2) is 10.8 Å². The van der Waals surface area contributed by atoms with Crippen molar-refractivity contribution in [1.82, 2.24) is 19.6 Å². The largest absolute Gasteiger partial charge is 0.376 e. The molecule has 0 radical (unpaired) electrons. The molecule has 5 N–H and O–H groups in total. The number of anilines is 1. The van der Waals surface area contributed by atoms with Crippen LogP contribution in [-0.2, 0) is 6.42 Å². The molecule has 1 aromatic carbocycles. The molecule has 0 atom stereocenters. The van der Waals surface area contributed by atoms with E-state index in [4.69, 9.17) is 30.2 Å². The third kappa shape index (κ3) is 3.15. The zero-order valence-corrected chi connectivity index (χ0v) is 13.8. The normalized spacial score (nSPS) is 10.8. The number of aromatic nitrogens is 4. The first kappa shape index (κ1) is 15.4. The molecule has 0 spiro atoms. The number of nitrogens with two attached hydrogens (primary N) is 1. The van der Waals surface area contributed by atoms with Crippen LogP contribution in [0.3, 0.4) is 0 Å². The Morgan fingerprint density at radius 2 is 2.09 bits per heavy atom. The maximum absolute atomic E-state index is 12.0. The SMILES string of the molecule is Cc1ccc(Cc2c(NC(N)=S)[nH]n3c(=O)[nH]c(=S)nc23)cc1. The molecule has 118 valence electrons. The minimum absolute atomic E-state index is 0.0948. The number of hydrogen-bond donors (Lipinski definition) is 4. The molecule has 2 heterocycles. The summed E-state index contributed by atoms with van der Waals surface area (Å²) in [6, 6.07) is 8.09. The summed E-state index contributed by atoms with van der Waals surface area (Å²) >= 11 is 9.89. The topological polar surface area (TPSA) is 104 Å². The number of H-pyrrole nitrogens is 2. The Hall–Kier alpha value is -2.52. The third-order valence-corrected chi connectivity index (χ3v) is 3.68. The van der Waals surface area contributed by atoms with Gasteiger partial charge in [0, 0.05) is 12.0 Å². The van der Waals surface area contributed by atoms with E-state index < -0.39 is 5.69 Å². The highest BCUT2D eigenvalue weighted by molar-refractivity contribution is 7.80. The molecule has 0 fully saturated rings. The Morgan fingerprint density at radius 1 is 1.39 bits per heavy atom. The number of hydrogen-bond acceptors (Lipinski definition) is 4. The van der Waals surface area contributed by atoms with Gasteiger partial charge < -0.3 is 11.1 Å². The van der Waals surface area contributed by atoms with Crippen molar-refractivity contribution < 1.29 is 0 Å². The number of nitrogens with zero attached hydrogens (tertiary/aromatic N) is 2. The maximum atomic E-state index is 12.0. The van der Waals surface area contributed by atoms with E-state index in [2.05, 4.69) is 20.4 Å². The van der Waals surface area contributed by atoms with Crippen molar-refractivity contribution in [2.75, 3.05) is 5.32 Å². The Bertz CT molecular complexity index is 999. The average molecular weight is 346 g/mol. The fourth-order valence-corrected chi connectivity index (χ4v) is 2.59. The van der Waals surface area contributed by atoms with E-state index >= 15 is 0 Å². The Morgan fingerprint density at radius 3 is 2.74 bits per heavy atom. The molecule has 0 bridgehead atoms. The second-order valence-corrected chi connectivity index (χ2v) is 5.95. The van der Waals surface area contributed by atoms with E-state index in [-0.39, 0.29) is 9.88 Å². The first-order valence-electron chi connectivity index (χ1n) is 6.80. The first-order chi connectivity index (χ1) is 10.9. The minimum Gasteiger partial charge on any atom is -0.376 e. The van der Waals surface area contributed by atoms with Crippen molar-refractivity contribution in [2.24, 2.45) is 5.73 Å². The quantitative estimate of drug-likeness (QED) is 0.538. The van der Waals surface area contributed by atoms with Gasteiger partial charge in [-0.2, -0.15) is 9.50 Å². The van der Waals surface area contributed by atoms with Crippen LogP contribution >= 0.6 is 24.4 Å². The van der Waals surface area contributed by atoms with Gasteiger partial charge in [-0.25, -0.2) is 4.79 Å². The summed E-state index contributed by atoms with van der Waals surface area (Å²) in [5.41, 5.74) is 8.60. The second-order valence-electron chi connectivity index (χ2n) is 5.12. The Kier molecular flexibility index (Phi) is 3.97. The number of benzene rings is 1. The zero-order chi connectivity index (χ0) is 16.6. The Balaban J connectivity index is 2.18. The molecule has 0 aliphatic heterocycles. The third-order valence-electron chi connectivity index (χ3n) is 3.38. The molecular formula is C14H14N6OS2. The monoisotopic (exact) mass is 346 g/mol. The van der Waals surface area contributed by atoms with Crippen LogP contribution in [0.25, 0.3) is 5.65 Å². The molecule has 2 aromatic heterocycles. The number of aromatic amines is 2. The number of aryl methyl sites for hydroxylation is 1. The van der Waals surface area contributed by atoms with Gasteiger partial charge in [-0.1, -0.05) is 29.8 Å². The molecular weight excluding hydrogens is 332 g/mol. The van der Waals surface area contributed by atoms with Gasteiger partial charge in [0.1, 0.15) is 5.82 Å². The first-order valence-corrected chi connectivity index (χ1v) is 7.61. The van der Waals surface area contributed by atoms with Gasteiger partial charge in [-0.15, -0.1) is 0 Å². The Labute approximate surface area is 141 Å². The molecule has 7 nitrogen and oxygen atoms in total. The van der Waals surface area contributed by atoms with Crippen LogP contribution in [0.2, 0.25) is 0 Å². The molecule has 0 unspecified atom stereocenters. The van der Waals surface area contributed by atoms with Crippen molar-refractivity contribution >= 4 is 41.0 Å². The van der Waals surface area contributed by atoms with E-state index in [1.807, 2.05) is 31.2 Å². The second kappa shape index (κ2) is 5.94. The lowest BCUT2D eigenvalue weighted by atomic mass is 10.1. The van der Waals surface area contributed by atoms with Crippen LogP contribution in [0.5, 0.6) is 0 Å². The summed E-state index contributed by atoms with van der Waals surface area (Å²) in [5.74, 6) is 0.525. The van der Waals surface area contributed by atoms with Crippen molar-refractivity contribution in [2.45, 2.75) is 13.3 Å². The molecule has 0 amide bonds. The van der Waals surface area contributed by atoms with E-state index in [1.165, 1.54) is 10.1 Å². The highest BCUT2D eigenvalue weighted by Gasteiger charge is 2.15. The smallest absolute Gasteiger partial charge is 0.348 e. The van der Waals surface area contributed by atoms with Gasteiger partial charge >= 0.3 is 5.69 Å². The number of nitrogens with one attached hydrogen (secondary N) is 3. The lowest BCUT2D eigenvalue weighted by Crippen LogP contribution is -2.21. The minimum atomic E-state index is -0.402. The molecule has 0 saturated carbocycles.